The molecule has 0 rings (SSSR count). The zero-order valence-electron chi connectivity index (χ0n) is 3.67. The van der Waals surface area contributed by atoms with Gasteiger partial charge in [0.25, 0.3) is 0 Å². The van der Waals surface area contributed by atoms with Gasteiger partial charge in [0.15, 0.2) is 0 Å². The molecule has 0 aliphatic carbocycles. The number of alkyl halides is 2. The van der Waals surface area contributed by atoms with Crippen molar-refractivity contribution >= 4 is 11.4 Å². The van der Waals surface area contributed by atoms with Gasteiger partial charge in [-0.2, -0.15) is 0 Å². The lowest BCUT2D eigenvalue weighted by atomic mass is 10.8. The molecule has 6 heteroatoms. The Hall–Kier alpha value is -0.0700. The number of hydrogen-bond donors (Lipinski definition) is 0. The van der Waals surface area contributed by atoms with E-state index in [2.05, 4.69) is 4.18 Å². The van der Waals surface area contributed by atoms with Crippen molar-refractivity contribution in [3.05, 3.63) is 0 Å². The zero-order chi connectivity index (χ0) is 6.57. The number of hydrogen-bond acceptors (Lipinski definition) is 3. The highest BCUT2D eigenvalue weighted by atomic mass is 32.2. The van der Waals surface area contributed by atoms with Crippen LogP contribution in [0.4, 0.5) is 8.78 Å². The standard InChI is InChI=1S/C2H4F2O3S/c3-1-2(4)7-8(5)6/h2H,1H2,(H,5,6)/p-1. The highest BCUT2D eigenvalue weighted by Crippen LogP contribution is 1.94. The van der Waals surface area contributed by atoms with Crippen LogP contribution in [0.15, 0.2) is 0 Å². The summed E-state index contributed by atoms with van der Waals surface area (Å²) in [6.07, 6.45) is -2.35. The van der Waals surface area contributed by atoms with Crippen molar-refractivity contribution in [2.24, 2.45) is 0 Å². The summed E-state index contributed by atoms with van der Waals surface area (Å²) < 4.78 is 44.3. The van der Waals surface area contributed by atoms with E-state index in [1.165, 1.54) is 0 Å². The van der Waals surface area contributed by atoms with Crippen molar-refractivity contribution in [3.8, 4) is 0 Å². The average Bonchev–Trinajstić information content (AvgIpc) is 1.65. The van der Waals surface area contributed by atoms with Crippen LogP contribution in [-0.2, 0) is 15.5 Å². The molecule has 0 aliphatic heterocycles. The van der Waals surface area contributed by atoms with E-state index in [4.69, 9.17) is 0 Å². The zero-order valence-corrected chi connectivity index (χ0v) is 4.49. The van der Waals surface area contributed by atoms with E-state index >= 15 is 0 Å². The first kappa shape index (κ1) is 7.93. The van der Waals surface area contributed by atoms with Gasteiger partial charge in [-0.1, -0.05) is 0 Å². The van der Waals surface area contributed by atoms with Gasteiger partial charge >= 0.3 is 0 Å². The van der Waals surface area contributed by atoms with Gasteiger partial charge in [0.2, 0.25) is 6.36 Å². The van der Waals surface area contributed by atoms with E-state index in [1.54, 1.807) is 0 Å². The second-order valence-corrected chi connectivity index (χ2v) is 1.47. The van der Waals surface area contributed by atoms with E-state index in [9.17, 15) is 17.5 Å². The molecule has 0 bridgehead atoms. The van der Waals surface area contributed by atoms with E-state index in [-0.39, 0.29) is 0 Å². The van der Waals surface area contributed by atoms with Crippen LogP contribution in [0.2, 0.25) is 0 Å². The van der Waals surface area contributed by atoms with Crippen LogP contribution in [0.1, 0.15) is 0 Å². The first-order valence-corrected chi connectivity index (χ1v) is 2.63. The molecule has 0 aromatic carbocycles. The minimum absolute atomic E-state index is 1.45. The van der Waals surface area contributed by atoms with E-state index in [0.717, 1.165) is 0 Å². The van der Waals surface area contributed by atoms with Crippen molar-refractivity contribution in [1.29, 1.82) is 0 Å². The Morgan fingerprint density at radius 3 is 2.50 bits per heavy atom. The number of halogens is 2. The highest BCUT2D eigenvalue weighted by molar-refractivity contribution is 7.74. The van der Waals surface area contributed by atoms with Gasteiger partial charge in [-0.05, 0) is 0 Å². The van der Waals surface area contributed by atoms with Crippen molar-refractivity contribution in [1.82, 2.24) is 0 Å². The van der Waals surface area contributed by atoms with Crippen LogP contribution in [0.3, 0.4) is 0 Å². The van der Waals surface area contributed by atoms with E-state index in [0.29, 0.717) is 0 Å². The molecule has 0 aromatic rings. The molecule has 0 saturated carbocycles. The molecule has 0 fully saturated rings. The molecule has 50 valence electrons. The van der Waals surface area contributed by atoms with Crippen LogP contribution < -0.4 is 0 Å². The molecule has 2 atom stereocenters. The van der Waals surface area contributed by atoms with Crippen LogP contribution in [-0.4, -0.2) is 21.8 Å². The Morgan fingerprint density at radius 1 is 1.88 bits per heavy atom. The van der Waals surface area contributed by atoms with Gasteiger partial charge in [-0.25, -0.2) is 13.0 Å². The SMILES string of the molecule is O=S([O-])OC(F)CF. The minimum atomic E-state index is -2.96. The molecule has 0 aromatic heterocycles. The average molecular weight is 145 g/mol. The van der Waals surface area contributed by atoms with Gasteiger partial charge in [0.05, 0.1) is 11.4 Å². The third kappa shape index (κ3) is 4.10. The maximum absolute atomic E-state index is 11.4. The molecule has 3 nitrogen and oxygen atoms in total. The van der Waals surface area contributed by atoms with Crippen molar-refractivity contribution in [2.75, 3.05) is 6.67 Å². The normalized spacial score (nSPS) is 17.9. The lowest BCUT2D eigenvalue weighted by Gasteiger charge is -2.05. The lowest BCUT2D eigenvalue weighted by Crippen LogP contribution is -2.09. The molecule has 0 radical (unpaired) electrons. The molecule has 0 heterocycles. The van der Waals surface area contributed by atoms with Crippen molar-refractivity contribution < 1.29 is 21.7 Å². The van der Waals surface area contributed by atoms with Crippen LogP contribution in [0, 0.1) is 0 Å². The molecule has 8 heavy (non-hydrogen) atoms. The molecular weight excluding hydrogens is 142 g/mol. The van der Waals surface area contributed by atoms with E-state index in [1.807, 2.05) is 0 Å². The maximum atomic E-state index is 11.4. The number of rotatable bonds is 3. The fourth-order valence-electron chi connectivity index (χ4n) is 0.111. The second kappa shape index (κ2) is 3.88. The van der Waals surface area contributed by atoms with Crippen LogP contribution >= 0.6 is 0 Å². The molecule has 0 N–H and O–H groups in total. The smallest absolute Gasteiger partial charge is 0.240 e. The molecular formula is C2H3F2O3S-. The highest BCUT2D eigenvalue weighted by Gasteiger charge is 2.03. The Kier molecular flexibility index (Phi) is 3.84. The monoisotopic (exact) mass is 145 g/mol. The maximum Gasteiger partial charge on any atom is 0.240 e. The molecule has 0 aliphatic rings. The fourth-order valence-corrected chi connectivity index (χ4v) is 0.333. The lowest BCUT2D eigenvalue weighted by molar-refractivity contribution is 0.0470. The van der Waals surface area contributed by atoms with Crippen LogP contribution in [0.25, 0.3) is 0 Å². The molecule has 2 unspecified atom stereocenters. The van der Waals surface area contributed by atoms with E-state index < -0.39 is 24.4 Å². The third-order valence-electron chi connectivity index (χ3n) is 0.304. The first-order valence-electron chi connectivity index (χ1n) is 1.63. The van der Waals surface area contributed by atoms with Gasteiger partial charge in [0, 0.05) is 0 Å². The summed E-state index contributed by atoms with van der Waals surface area (Å²) in [5.41, 5.74) is 0. The van der Waals surface area contributed by atoms with Gasteiger partial charge in [0.1, 0.15) is 6.67 Å². The fraction of sp³-hybridized carbons (Fsp3) is 1.00. The summed E-state index contributed by atoms with van der Waals surface area (Å²) in [6.45, 7) is -1.45. The predicted molar refractivity (Wildman–Crippen MR) is 20.9 cm³/mol. The summed E-state index contributed by atoms with van der Waals surface area (Å²) in [5.74, 6) is 0. The van der Waals surface area contributed by atoms with Gasteiger partial charge in [-0.3, -0.25) is 4.18 Å². The molecule has 0 amide bonds. The largest absolute Gasteiger partial charge is 0.750 e. The van der Waals surface area contributed by atoms with Gasteiger partial charge in [-0.15, -0.1) is 0 Å². The molecule has 0 spiro atoms. The quantitative estimate of drug-likeness (QED) is 0.527. The summed E-state index contributed by atoms with van der Waals surface area (Å²) >= 11 is -2.96. The Balaban J connectivity index is 3.24. The third-order valence-corrected chi connectivity index (χ3v) is 0.670. The Labute approximate surface area is 47.1 Å². The Bertz CT molecular complexity index is 87.4. The Morgan fingerprint density at radius 2 is 2.38 bits per heavy atom. The second-order valence-electron chi connectivity index (χ2n) is 0.865. The first-order chi connectivity index (χ1) is 3.66. The summed E-state index contributed by atoms with van der Waals surface area (Å²) in [6, 6.07) is 0. The summed E-state index contributed by atoms with van der Waals surface area (Å²) in [5, 5.41) is 0. The topological polar surface area (TPSA) is 49.4 Å². The molecule has 0 saturated heterocycles. The van der Waals surface area contributed by atoms with Crippen molar-refractivity contribution in [3.63, 3.8) is 0 Å². The van der Waals surface area contributed by atoms with Crippen LogP contribution in [0.5, 0.6) is 0 Å². The minimum Gasteiger partial charge on any atom is -0.750 e. The summed E-state index contributed by atoms with van der Waals surface area (Å²) in [7, 11) is 0. The summed E-state index contributed by atoms with van der Waals surface area (Å²) in [4.78, 5) is 0. The predicted octanol–water partition coefficient (Wildman–Crippen LogP) is 0.0622. The van der Waals surface area contributed by atoms with Crippen molar-refractivity contribution in [2.45, 2.75) is 6.36 Å². The van der Waals surface area contributed by atoms with Gasteiger partial charge < -0.3 is 4.55 Å².